The van der Waals surface area contributed by atoms with Gasteiger partial charge in [0.25, 0.3) is 0 Å². The molecular formula is C11H19NO2S. The Bertz CT molecular complexity index is 280. The van der Waals surface area contributed by atoms with Gasteiger partial charge in [0, 0.05) is 5.75 Å². The Morgan fingerprint density at radius 2 is 2.20 bits per heavy atom. The molecule has 2 rings (SSSR count). The maximum Gasteiger partial charge on any atom is 0.321 e. The summed E-state index contributed by atoms with van der Waals surface area (Å²) in [5, 5.41) is 12.3. The van der Waals surface area contributed by atoms with Gasteiger partial charge in [0.05, 0.1) is 4.87 Å². The lowest BCUT2D eigenvalue weighted by atomic mass is 9.74. The molecule has 86 valence electrons. The summed E-state index contributed by atoms with van der Waals surface area (Å²) in [6, 6.07) is -0.344. The normalized spacial score (nSPS) is 39.5. The molecule has 0 aromatic carbocycles. The molecule has 2 fully saturated rings. The van der Waals surface area contributed by atoms with Gasteiger partial charge in [-0.05, 0) is 24.7 Å². The summed E-state index contributed by atoms with van der Waals surface area (Å²) in [5.41, 5.74) is 0.353. The number of carboxylic acid groups (broad SMARTS) is 1. The maximum atomic E-state index is 10.9. The minimum Gasteiger partial charge on any atom is -0.480 e. The molecule has 0 bridgehead atoms. The number of thioether (sulfide) groups is 1. The molecule has 2 N–H and O–H groups in total. The van der Waals surface area contributed by atoms with Gasteiger partial charge in [-0.1, -0.05) is 20.3 Å². The predicted octanol–water partition coefficient (Wildman–Crippen LogP) is 2.07. The van der Waals surface area contributed by atoms with E-state index in [1.165, 1.54) is 12.8 Å². The third-order valence-electron chi connectivity index (χ3n) is 3.46. The number of nitrogens with one attached hydrogen (secondary N) is 1. The average Bonchev–Trinajstić information content (AvgIpc) is 2.46. The van der Waals surface area contributed by atoms with E-state index in [-0.39, 0.29) is 10.9 Å². The molecule has 0 aromatic heterocycles. The van der Waals surface area contributed by atoms with E-state index in [4.69, 9.17) is 5.11 Å². The first kappa shape index (κ1) is 11.3. The second kappa shape index (κ2) is 3.67. The molecule has 0 radical (unpaired) electrons. The Hall–Kier alpha value is -0.220. The SMILES string of the molecule is CC1(C)CCCC2(C1)N[C@@H](C(=O)O)CS2. The van der Waals surface area contributed by atoms with Crippen molar-refractivity contribution in [3.63, 3.8) is 0 Å². The fourth-order valence-corrected chi connectivity index (χ4v) is 4.54. The number of carboxylic acids is 1. The maximum absolute atomic E-state index is 10.9. The molecule has 1 heterocycles. The molecule has 1 aliphatic heterocycles. The van der Waals surface area contributed by atoms with E-state index < -0.39 is 5.97 Å². The van der Waals surface area contributed by atoms with E-state index in [0.29, 0.717) is 11.2 Å². The Kier molecular flexibility index (Phi) is 2.75. The lowest BCUT2D eigenvalue weighted by Gasteiger charge is -2.42. The molecular weight excluding hydrogens is 210 g/mol. The van der Waals surface area contributed by atoms with E-state index in [9.17, 15) is 4.79 Å². The van der Waals surface area contributed by atoms with E-state index in [0.717, 1.165) is 12.8 Å². The molecule has 1 saturated heterocycles. The highest BCUT2D eigenvalue weighted by atomic mass is 32.2. The van der Waals surface area contributed by atoms with Crippen LogP contribution in [0.5, 0.6) is 0 Å². The first-order valence-electron chi connectivity index (χ1n) is 5.57. The average molecular weight is 229 g/mol. The summed E-state index contributed by atoms with van der Waals surface area (Å²) < 4.78 is 0. The largest absolute Gasteiger partial charge is 0.480 e. The molecule has 3 nitrogen and oxygen atoms in total. The van der Waals surface area contributed by atoms with E-state index >= 15 is 0 Å². The molecule has 0 aromatic rings. The number of carbonyl (C=O) groups is 1. The summed E-state index contributed by atoms with van der Waals surface area (Å²) in [7, 11) is 0. The van der Waals surface area contributed by atoms with Crippen LogP contribution in [0.25, 0.3) is 0 Å². The minimum absolute atomic E-state index is 0.0464. The first-order chi connectivity index (χ1) is 6.93. The van der Waals surface area contributed by atoms with Crippen molar-refractivity contribution in [1.29, 1.82) is 0 Å². The van der Waals surface area contributed by atoms with Crippen LogP contribution in [-0.2, 0) is 4.79 Å². The highest BCUT2D eigenvalue weighted by Gasteiger charge is 2.46. The second-order valence-corrected chi connectivity index (χ2v) is 6.94. The van der Waals surface area contributed by atoms with E-state index in [1.54, 1.807) is 0 Å². The number of hydrogen-bond donors (Lipinski definition) is 2. The molecule has 4 heteroatoms. The lowest BCUT2D eigenvalue weighted by molar-refractivity contribution is -0.139. The zero-order chi connectivity index (χ0) is 11.1. The van der Waals surface area contributed by atoms with Crippen LogP contribution in [0.2, 0.25) is 0 Å². The fraction of sp³-hybridized carbons (Fsp3) is 0.909. The van der Waals surface area contributed by atoms with Gasteiger partial charge in [-0.2, -0.15) is 0 Å². The fourth-order valence-electron chi connectivity index (χ4n) is 2.83. The van der Waals surface area contributed by atoms with Gasteiger partial charge in [-0.15, -0.1) is 11.8 Å². The van der Waals surface area contributed by atoms with Gasteiger partial charge in [0.1, 0.15) is 6.04 Å². The van der Waals surface area contributed by atoms with Crippen molar-refractivity contribution in [2.24, 2.45) is 5.41 Å². The van der Waals surface area contributed by atoms with Crippen LogP contribution in [0.1, 0.15) is 39.5 Å². The standard InChI is InChI=1S/C11H19NO2S/c1-10(2)4-3-5-11(7-10)12-8(6-15-11)9(13)14/h8,12H,3-7H2,1-2H3,(H,13,14)/t8-,11?/m1/s1. The van der Waals surface area contributed by atoms with Crippen molar-refractivity contribution in [3.05, 3.63) is 0 Å². The predicted molar refractivity (Wildman–Crippen MR) is 62.0 cm³/mol. The summed E-state index contributed by atoms with van der Waals surface area (Å²) in [4.78, 5) is 11.0. The van der Waals surface area contributed by atoms with Crippen LogP contribution in [0.4, 0.5) is 0 Å². The van der Waals surface area contributed by atoms with Crippen molar-refractivity contribution < 1.29 is 9.90 Å². The Balaban J connectivity index is 2.06. The monoisotopic (exact) mass is 229 g/mol. The van der Waals surface area contributed by atoms with Crippen LogP contribution >= 0.6 is 11.8 Å². The van der Waals surface area contributed by atoms with Crippen LogP contribution in [-0.4, -0.2) is 27.7 Å². The first-order valence-corrected chi connectivity index (χ1v) is 6.56. The topological polar surface area (TPSA) is 49.3 Å². The lowest BCUT2D eigenvalue weighted by Crippen LogP contribution is -2.49. The minimum atomic E-state index is -0.706. The van der Waals surface area contributed by atoms with Gasteiger partial charge in [-0.3, -0.25) is 10.1 Å². The molecule has 1 aliphatic carbocycles. The quantitative estimate of drug-likeness (QED) is 0.722. The van der Waals surface area contributed by atoms with Crippen LogP contribution < -0.4 is 5.32 Å². The number of hydrogen-bond acceptors (Lipinski definition) is 3. The van der Waals surface area contributed by atoms with Gasteiger partial charge < -0.3 is 5.11 Å². The van der Waals surface area contributed by atoms with E-state index in [2.05, 4.69) is 19.2 Å². The Labute approximate surface area is 95.0 Å². The molecule has 0 amide bonds. The van der Waals surface area contributed by atoms with Gasteiger partial charge in [-0.25, -0.2) is 0 Å². The smallest absolute Gasteiger partial charge is 0.321 e. The Morgan fingerprint density at radius 1 is 1.47 bits per heavy atom. The third-order valence-corrected chi connectivity index (χ3v) is 4.98. The summed E-state index contributed by atoms with van der Waals surface area (Å²) >= 11 is 1.81. The van der Waals surface area contributed by atoms with Crippen LogP contribution in [0, 0.1) is 5.41 Å². The highest BCUT2D eigenvalue weighted by Crippen LogP contribution is 2.49. The van der Waals surface area contributed by atoms with Crippen LogP contribution in [0.15, 0.2) is 0 Å². The van der Waals surface area contributed by atoms with Crippen molar-refractivity contribution in [2.75, 3.05) is 5.75 Å². The molecule has 2 aliphatic rings. The zero-order valence-electron chi connectivity index (χ0n) is 9.38. The summed E-state index contributed by atoms with van der Waals surface area (Å²) in [5.74, 6) is 0.00792. The number of rotatable bonds is 1. The summed E-state index contributed by atoms with van der Waals surface area (Å²) in [6.45, 7) is 4.56. The van der Waals surface area contributed by atoms with Crippen molar-refractivity contribution in [3.8, 4) is 0 Å². The van der Waals surface area contributed by atoms with E-state index in [1.807, 2.05) is 11.8 Å². The summed E-state index contributed by atoms with van der Waals surface area (Å²) in [6.07, 6.45) is 4.67. The van der Waals surface area contributed by atoms with Crippen molar-refractivity contribution in [2.45, 2.75) is 50.4 Å². The molecule has 2 atom stereocenters. The second-order valence-electron chi connectivity index (χ2n) is 5.53. The van der Waals surface area contributed by atoms with Crippen molar-refractivity contribution >= 4 is 17.7 Å². The third kappa shape index (κ3) is 2.31. The van der Waals surface area contributed by atoms with Gasteiger partial charge >= 0.3 is 5.97 Å². The van der Waals surface area contributed by atoms with Crippen LogP contribution in [0.3, 0.4) is 0 Å². The molecule has 1 unspecified atom stereocenters. The highest BCUT2D eigenvalue weighted by molar-refractivity contribution is 8.01. The molecule has 1 saturated carbocycles. The van der Waals surface area contributed by atoms with Crippen molar-refractivity contribution in [1.82, 2.24) is 5.32 Å². The molecule has 1 spiro atoms. The van der Waals surface area contributed by atoms with Gasteiger partial charge in [0.15, 0.2) is 0 Å². The Morgan fingerprint density at radius 3 is 2.73 bits per heavy atom. The van der Waals surface area contributed by atoms with Gasteiger partial charge in [0.2, 0.25) is 0 Å². The number of aliphatic carboxylic acids is 1. The molecule has 15 heavy (non-hydrogen) atoms. The zero-order valence-corrected chi connectivity index (χ0v) is 10.2.